The highest BCUT2D eigenvalue weighted by atomic mass is 35.5. The maximum atomic E-state index is 11.2. The molecule has 2 rings (SSSR count). The Bertz CT molecular complexity index is 412. The summed E-state index contributed by atoms with van der Waals surface area (Å²) in [4.78, 5) is 19.0. The molecule has 0 radical (unpaired) electrons. The maximum Gasteiger partial charge on any atom is 0.271 e. The Morgan fingerprint density at radius 3 is 2.67 bits per heavy atom. The number of hydrogen-bond acceptors (Lipinski definition) is 5. The van der Waals surface area contributed by atoms with Gasteiger partial charge in [-0.15, -0.1) is 0 Å². The monoisotopic (exact) mass is 231 g/mol. The predicted molar refractivity (Wildman–Crippen MR) is 54.1 cm³/mol. The molecular formula is C8H10ClN3O3. The molecule has 0 aromatic carbocycles. The SMILES string of the molecule is O=c1[nH]cnc(N2CC(O)C(O)C2)c1Cl. The van der Waals surface area contributed by atoms with Crippen LogP contribution in [-0.4, -0.2) is 45.5 Å². The van der Waals surface area contributed by atoms with Crippen molar-refractivity contribution in [2.45, 2.75) is 12.2 Å². The standard InChI is InChI=1S/C8H10ClN3O3/c9-6-7(10-3-11-8(6)15)12-1-4(13)5(14)2-12/h3-5,13-14H,1-2H2,(H,10,11,15). The van der Waals surface area contributed by atoms with Gasteiger partial charge < -0.3 is 20.1 Å². The van der Waals surface area contributed by atoms with Crippen LogP contribution < -0.4 is 10.5 Å². The van der Waals surface area contributed by atoms with Crippen LogP contribution in [0.3, 0.4) is 0 Å². The smallest absolute Gasteiger partial charge is 0.271 e. The first-order valence-electron chi connectivity index (χ1n) is 4.44. The van der Waals surface area contributed by atoms with Crippen LogP contribution in [0.4, 0.5) is 5.82 Å². The van der Waals surface area contributed by atoms with Crippen molar-refractivity contribution >= 4 is 17.4 Å². The van der Waals surface area contributed by atoms with Crippen molar-refractivity contribution in [3.8, 4) is 0 Å². The van der Waals surface area contributed by atoms with E-state index in [0.29, 0.717) is 0 Å². The summed E-state index contributed by atoms with van der Waals surface area (Å²) in [6.45, 7) is 0.439. The molecule has 0 spiro atoms. The van der Waals surface area contributed by atoms with Crippen LogP contribution in [0.15, 0.2) is 11.1 Å². The van der Waals surface area contributed by atoms with Gasteiger partial charge in [0.2, 0.25) is 0 Å². The molecule has 15 heavy (non-hydrogen) atoms. The number of rotatable bonds is 1. The number of anilines is 1. The molecule has 0 saturated carbocycles. The van der Waals surface area contributed by atoms with Gasteiger partial charge in [0.15, 0.2) is 5.82 Å². The van der Waals surface area contributed by atoms with Gasteiger partial charge in [0.25, 0.3) is 5.56 Å². The van der Waals surface area contributed by atoms with Gasteiger partial charge >= 0.3 is 0 Å². The lowest BCUT2D eigenvalue weighted by molar-refractivity contribution is 0.0572. The molecule has 1 aliphatic heterocycles. The Kier molecular flexibility index (Phi) is 2.64. The van der Waals surface area contributed by atoms with Gasteiger partial charge in [-0.25, -0.2) is 4.98 Å². The first-order chi connectivity index (χ1) is 7.09. The summed E-state index contributed by atoms with van der Waals surface area (Å²) in [5.41, 5.74) is -0.433. The van der Waals surface area contributed by atoms with Gasteiger partial charge in [0.05, 0.1) is 18.5 Å². The molecule has 2 unspecified atom stereocenters. The average Bonchev–Trinajstić information content (AvgIpc) is 2.51. The fraction of sp³-hybridized carbons (Fsp3) is 0.500. The number of H-pyrrole nitrogens is 1. The van der Waals surface area contributed by atoms with Crippen molar-refractivity contribution in [2.24, 2.45) is 0 Å². The quantitative estimate of drug-likeness (QED) is 0.575. The van der Waals surface area contributed by atoms with E-state index in [1.807, 2.05) is 0 Å². The number of halogens is 1. The van der Waals surface area contributed by atoms with Gasteiger partial charge in [-0.1, -0.05) is 11.6 Å². The maximum absolute atomic E-state index is 11.2. The highest BCUT2D eigenvalue weighted by Gasteiger charge is 2.31. The molecule has 3 N–H and O–H groups in total. The van der Waals surface area contributed by atoms with Crippen molar-refractivity contribution in [2.75, 3.05) is 18.0 Å². The third-order valence-electron chi connectivity index (χ3n) is 2.34. The minimum absolute atomic E-state index is 0.0289. The zero-order valence-electron chi connectivity index (χ0n) is 7.72. The lowest BCUT2D eigenvalue weighted by atomic mass is 10.3. The largest absolute Gasteiger partial charge is 0.389 e. The van der Waals surface area contributed by atoms with E-state index in [-0.39, 0.29) is 23.9 Å². The van der Waals surface area contributed by atoms with Crippen molar-refractivity contribution in [1.82, 2.24) is 9.97 Å². The average molecular weight is 232 g/mol. The Labute approximate surface area is 90.1 Å². The topological polar surface area (TPSA) is 89.5 Å². The number of hydrogen-bond donors (Lipinski definition) is 3. The number of nitrogens with one attached hydrogen (secondary N) is 1. The first kappa shape index (κ1) is 10.4. The van der Waals surface area contributed by atoms with E-state index in [2.05, 4.69) is 9.97 Å². The number of aromatic nitrogens is 2. The molecular weight excluding hydrogens is 222 g/mol. The minimum Gasteiger partial charge on any atom is -0.389 e. The van der Waals surface area contributed by atoms with E-state index in [9.17, 15) is 15.0 Å². The Balaban J connectivity index is 2.32. The molecule has 2 atom stereocenters. The molecule has 6 nitrogen and oxygen atoms in total. The van der Waals surface area contributed by atoms with E-state index in [0.717, 1.165) is 0 Å². The molecule has 1 aromatic heterocycles. The fourth-order valence-corrected chi connectivity index (χ4v) is 1.76. The molecule has 2 heterocycles. The molecule has 7 heteroatoms. The van der Waals surface area contributed by atoms with Crippen molar-refractivity contribution in [3.63, 3.8) is 0 Å². The van der Waals surface area contributed by atoms with Crippen LogP contribution in [0.5, 0.6) is 0 Å². The predicted octanol–water partition coefficient (Wildman–Crippen LogP) is -1.03. The van der Waals surface area contributed by atoms with Crippen LogP contribution in [-0.2, 0) is 0 Å². The summed E-state index contributed by atoms with van der Waals surface area (Å²) in [6, 6.07) is 0. The van der Waals surface area contributed by atoms with Gasteiger partial charge in [-0.2, -0.15) is 0 Å². The second kappa shape index (κ2) is 3.80. The summed E-state index contributed by atoms with van der Waals surface area (Å²) in [7, 11) is 0. The molecule has 0 bridgehead atoms. The molecule has 1 aliphatic rings. The number of aliphatic hydroxyl groups excluding tert-OH is 2. The summed E-state index contributed by atoms with van der Waals surface area (Å²) < 4.78 is 0. The van der Waals surface area contributed by atoms with Crippen molar-refractivity contribution < 1.29 is 10.2 Å². The van der Waals surface area contributed by atoms with Gasteiger partial charge in [-0.3, -0.25) is 4.79 Å². The Morgan fingerprint density at radius 2 is 2.07 bits per heavy atom. The highest BCUT2D eigenvalue weighted by molar-refractivity contribution is 6.32. The van der Waals surface area contributed by atoms with Crippen molar-refractivity contribution in [1.29, 1.82) is 0 Å². The zero-order valence-corrected chi connectivity index (χ0v) is 8.48. The third kappa shape index (κ3) is 1.83. The molecule has 1 saturated heterocycles. The molecule has 82 valence electrons. The van der Waals surface area contributed by atoms with Crippen LogP contribution >= 0.6 is 11.6 Å². The van der Waals surface area contributed by atoms with Gasteiger partial charge in [0.1, 0.15) is 5.02 Å². The third-order valence-corrected chi connectivity index (χ3v) is 2.68. The molecule has 0 amide bonds. The second-order valence-electron chi connectivity index (χ2n) is 3.41. The zero-order chi connectivity index (χ0) is 11.0. The Morgan fingerprint density at radius 1 is 1.47 bits per heavy atom. The van der Waals surface area contributed by atoms with Gasteiger partial charge in [-0.05, 0) is 0 Å². The number of aromatic amines is 1. The molecule has 1 aromatic rings. The van der Waals surface area contributed by atoms with Crippen molar-refractivity contribution in [3.05, 3.63) is 21.7 Å². The fourth-order valence-electron chi connectivity index (χ4n) is 1.54. The lowest BCUT2D eigenvalue weighted by Crippen LogP contribution is -2.25. The van der Waals surface area contributed by atoms with E-state index in [4.69, 9.17) is 11.6 Å². The lowest BCUT2D eigenvalue weighted by Gasteiger charge is -2.16. The van der Waals surface area contributed by atoms with Crippen LogP contribution in [0.25, 0.3) is 0 Å². The summed E-state index contributed by atoms with van der Waals surface area (Å²) in [5, 5.41) is 18.7. The molecule has 0 aliphatic carbocycles. The van der Waals surface area contributed by atoms with Crippen LogP contribution in [0.2, 0.25) is 5.02 Å². The van der Waals surface area contributed by atoms with Gasteiger partial charge in [0, 0.05) is 13.1 Å². The summed E-state index contributed by atoms with van der Waals surface area (Å²) >= 11 is 5.76. The second-order valence-corrected chi connectivity index (χ2v) is 3.79. The normalized spacial score (nSPS) is 25.9. The summed E-state index contributed by atoms with van der Waals surface area (Å²) in [5.74, 6) is 0.288. The minimum atomic E-state index is -0.831. The van der Waals surface area contributed by atoms with E-state index < -0.39 is 17.8 Å². The Hall–Kier alpha value is -1.11. The number of β-amino-alcohol motifs (C(OH)–C–C–N with tert-alkyl or cyclic N) is 2. The van der Waals surface area contributed by atoms with E-state index >= 15 is 0 Å². The van der Waals surface area contributed by atoms with E-state index in [1.54, 1.807) is 4.90 Å². The highest BCUT2D eigenvalue weighted by Crippen LogP contribution is 2.22. The summed E-state index contributed by atoms with van der Waals surface area (Å²) in [6.07, 6.45) is -0.426. The first-order valence-corrected chi connectivity index (χ1v) is 4.81. The number of nitrogens with zero attached hydrogens (tertiary/aromatic N) is 2. The number of aliphatic hydroxyl groups is 2. The van der Waals surface area contributed by atoms with E-state index in [1.165, 1.54) is 6.33 Å². The van der Waals surface area contributed by atoms with Crippen LogP contribution in [0.1, 0.15) is 0 Å². The molecule has 1 fully saturated rings. The van der Waals surface area contributed by atoms with Crippen LogP contribution in [0, 0.1) is 0 Å².